The number of halogens is 1. The zero-order valence-electron chi connectivity index (χ0n) is 8.33. The minimum Gasteiger partial charge on any atom is -0.391 e. The zero-order valence-corrected chi connectivity index (χ0v) is 9.09. The molecule has 1 aromatic heterocycles. The zero-order chi connectivity index (χ0) is 10.1. The maximum atomic E-state index is 9.22. The largest absolute Gasteiger partial charge is 0.391 e. The van der Waals surface area contributed by atoms with E-state index >= 15 is 0 Å². The second-order valence-electron chi connectivity index (χ2n) is 3.81. The van der Waals surface area contributed by atoms with E-state index in [2.05, 4.69) is 12.0 Å². The van der Waals surface area contributed by atoms with Crippen molar-refractivity contribution >= 4 is 11.6 Å². The molecule has 1 heterocycles. The molecule has 3 nitrogen and oxygen atoms in total. The monoisotopic (exact) mass is 214 g/mol. The lowest BCUT2D eigenvalue weighted by molar-refractivity contribution is 0.280. The third-order valence-corrected chi connectivity index (χ3v) is 2.99. The summed E-state index contributed by atoms with van der Waals surface area (Å²) in [6, 6.07) is 0. The fourth-order valence-corrected chi connectivity index (χ4v) is 1.97. The summed E-state index contributed by atoms with van der Waals surface area (Å²) >= 11 is 6.12. The van der Waals surface area contributed by atoms with Gasteiger partial charge in [-0.1, -0.05) is 18.5 Å². The highest BCUT2D eigenvalue weighted by Crippen LogP contribution is 2.42. The van der Waals surface area contributed by atoms with Crippen LogP contribution in [-0.4, -0.2) is 14.9 Å². The average molecular weight is 215 g/mol. The molecule has 1 aromatic rings. The van der Waals surface area contributed by atoms with Crippen molar-refractivity contribution in [3.63, 3.8) is 0 Å². The van der Waals surface area contributed by atoms with Crippen LogP contribution in [0.2, 0.25) is 5.15 Å². The van der Waals surface area contributed by atoms with Gasteiger partial charge in [0.2, 0.25) is 0 Å². The first kappa shape index (κ1) is 9.99. The molecular formula is C10H15ClN2O. The van der Waals surface area contributed by atoms with Gasteiger partial charge in [0.25, 0.3) is 0 Å². The van der Waals surface area contributed by atoms with Crippen LogP contribution in [0.25, 0.3) is 0 Å². The summed E-state index contributed by atoms with van der Waals surface area (Å²) in [5.74, 6) is 0.549. The second kappa shape index (κ2) is 3.91. The normalized spacial score (nSPS) is 16.2. The Balaban J connectivity index is 2.33. The molecule has 0 bridgehead atoms. The molecule has 0 saturated heterocycles. The Bertz CT molecular complexity index is 331. The van der Waals surface area contributed by atoms with E-state index in [1.807, 2.05) is 0 Å². The molecule has 0 amide bonds. The molecule has 14 heavy (non-hydrogen) atoms. The van der Waals surface area contributed by atoms with Crippen LogP contribution in [0, 0.1) is 0 Å². The number of hydrogen-bond acceptors (Lipinski definition) is 2. The van der Waals surface area contributed by atoms with Gasteiger partial charge in [0.05, 0.1) is 12.3 Å². The minimum atomic E-state index is 0.00831. The summed E-state index contributed by atoms with van der Waals surface area (Å²) < 4.78 is 1.81. The molecule has 1 fully saturated rings. The van der Waals surface area contributed by atoms with Crippen LogP contribution < -0.4 is 0 Å². The van der Waals surface area contributed by atoms with Gasteiger partial charge in [-0.25, -0.2) is 0 Å². The van der Waals surface area contributed by atoms with E-state index in [0.29, 0.717) is 11.1 Å². The van der Waals surface area contributed by atoms with Gasteiger partial charge in [-0.2, -0.15) is 5.10 Å². The predicted molar refractivity (Wildman–Crippen MR) is 55.4 cm³/mol. The Kier molecular flexibility index (Phi) is 2.79. The summed E-state index contributed by atoms with van der Waals surface area (Å²) in [5.41, 5.74) is 1.86. The third kappa shape index (κ3) is 1.66. The third-order valence-electron chi connectivity index (χ3n) is 2.57. The van der Waals surface area contributed by atoms with E-state index in [1.165, 1.54) is 12.8 Å². The molecule has 0 unspecified atom stereocenters. The first-order valence-electron chi connectivity index (χ1n) is 5.13. The van der Waals surface area contributed by atoms with Gasteiger partial charge in [-0.15, -0.1) is 0 Å². The van der Waals surface area contributed by atoms with Crippen molar-refractivity contribution in [2.45, 2.75) is 45.3 Å². The predicted octanol–water partition coefficient (Wildman–Crippen LogP) is 2.32. The SMILES string of the molecule is CCCn1nc(C2CC2)c(CO)c1Cl. The number of aromatic nitrogens is 2. The van der Waals surface area contributed by atoms with E-state index in [-0.39, 0.29) is 6.61 Å². The van der Waals surface area contributed by atoms with Crippen LogP contribution in [0.15, 0.2) is 0 Å². The van der Waals surface area contributed by atoms with Crippen molar-refractivity contribution in [3.8, 4) is 0 Å². The van der Waals surface area contributed by atoms with Gasteiger partial charge in [-0.05, 0) is 19.3 Å². The van der Waals surface area contributed by atoms with E-state index < -0.39 is 0 Å². The summed E-state index contributed by atoms with van der Waals surface area (Å²) in [5, 5.41) is 14.3. The van der Waals surface area contributed by atoms with Crippen molar-refractivity contribution in [1.29, 1.82) is 0 Å². The maximum Gasteiger partial charge on any atom is 0.132 e. The highest BCUT2D eigenvalue weighted by atomic mass is 35.5. The minimum absolute atomic E-state index is 0.00831. The second-order valence-corrected chi connectivity index (χ2v) is 4.17. The van der Waals surface area contributed by atoms with Crippen LogP contribution in [-0.2, 0) is 13.2 Å². The summed E-state index contributed by atoms with van der Waals surface area (Å²) in [7, 11) is 0. The molecule has 1 N–H and O–H groups in total. The molecule has 2 rings (SSSR count). The van der Waals surface area contributed by atoms with Crippen LogP contribution in [0.4, 0.5) is 0 Å². The first-order chi connectivity index (χ1) is 6.77. The molecule has 0 aromatic carbocycles. The highest BCUT2D eigenvalue weighted by Gasteiger charge is 2.30. The Hall–Kier alpha value is -0.540. The highest BCUT2D eigenvalue weighted by molar-refractivity contribution is 6.30. The quantitative estimate of drug-likeness (QED) is 0.836. The van der Waals surface area contributed by atoms with Crippen LogP contribution >= 0.6 is 11.6 Å². The molecule has 1 saturated carbocycles. The molecule has 1 aliphatic carbocycles. The van der Waals surface area contributed by atoms with Crippen LogP contribution in [0.3, 0.4) is 0 Å². The van der Waals surface area contributed by atoms with Crippen LogP contribution in [0.1, 0.15) is 43.4 Å². The Labute approximate surface area is 88.7 Å². The standard InChI is InChI=1S/C10H15ClN2O/c1-2-5-13-10(11)8(6-14)9(12-13)7-3-4-7/h7,14H,2-6H2,1H3. The van der Waals surface area contributed by atoms with Crippen molar-refractivity contribution in [2.75, 3.05) is 0 Å². The molecular weight excluding hydrogens is 200 g/mol. The van der Waals surface area contributed by atoms with Gasteiger partial charge < -0.3 is 5.11 Å². The fraction of sp³-hybridized carbons (Fsp3) is 0.700. The maximum absolute atomic E-state index is 9.22. The van der Waals surface area contributed by atoms with Crippen molar-refractivity contribution in [2.24, 2.45) is 0 Å². The van der Waals surface area contributed by atoms with E-state index in [4.69, 9.17) is 11.6 Å². The van der Waals surface area contributed by atoms with Gasteiger partial charge in [0.15, 0.2) is 0 Å². The van der Waals surface area contributed by atoms with Gasteiger partial charge in [-0.3, -0.25) is 4.68 Å². The molecule has 78 valence electrons. The number of rotatable bonds is 4. The first-order valence-corrected chi connectivity index (χ1v) is 5.51. The smallest absolute Gasteiger partial charge is 0.132 e. The molecule has 0 radical (unpaired) electrons. The molecule has 0 aliphatic heterocycles. The van der Waals surface area contributed by atoms with E-state index in [0.717, 1.165) is 24.2 Å². The lowest BCUT2D eigenvalue weighted by atomic mass is 10.2. The van der Waals surface area contributed by atoms with E-state index in [1.54, 1.807) is 4.68 Å². The summed E-state index contributed by atoms with van der Waals surface area (Å²) in [6.07, 6.45) is 3.38. The van der Waals surface area contributed by atoms with Gasteiger partial charge in [0, 0.05) is 18.0 Å². The Morgan fingerprint density at radius 3 is 2.79 bits per heavy atom. The number of aryl methyl sites for hydroxylation is 1. The van der Waals surface area contributed by atoms with Gasteiger partial charge in [0.1, 0.15) is 5.15 Å². The fourth-order valence-electron chi connectivity index (χ4n) is 1.69. The topological polar surface area (TPSA) is 38.0 Å². The lowest BCUT2D eigenvalue weighted by Crippen LogP contribution is -1.99. The summed E-state index contributed by atoms with van der Waals surface area (Å²) in [6.45, 7) is 2.93. The number of nitrogens with zero attached hydrogens (tertiary/aromatic N) is 2. The summed E-state index contributed by atoms with van der Waals surface area (Å²) in [4.78, 5) is 0. The number of hydrogen-bond donors (Lipinski definition) is 1. The van der Waals surface area contributed by atoms with Crippen molar-refractivity contribution in [1.82, 2.24) is 9.78 Å². The van der Waals surface area contributed by atoms with Gasteiger partial charge >= 0.3 is 0 Å². The Morgan fingerprint density at radius 2 is 2.29 bits per heavy atom. The molecule has 1 aliphatic rings. The Morgan fingerprint density at radius 1 is 1.57 bits per heavy atom. The molecule has 4 heteroatoms. The lowest BCUT2D eigenvalue weighted by Gasteiger charge is -1.98. The van der Waals surface area contributed by atoms with Crippen LogP contribution in [0.5, 0.6) is 0 Å². The molecule has 0 atom stereocenters. The number of aliphatic hydroxyl groups is 1. The molecule has 0 spiro atoms. The van der Waals surface area contributed by atoms with E-state index in [9.17, 15) is 5.11 Å². The average Bonchev–Trinajstić information content (AvgIpc) is 2.95. The van der Waals surface area contributed by atoms with Crippen molar-refractivity contribution in [3.05, 3.63) is 16.4 Å². The number of aliphatic hydroxyl groups excluding tert-OH is 1. The van der Waals surface area contributed by atoms with Crippen molar-refractivity contribution < 1.29 is 5.11 Å².